The standard InChI is InChI=1S/C16H19N3OS2/c20-15(12-5-3-7-17-16(12)21)18-11-13(14-6-4-10-22-14)19-8-1-2-9-19/h3-7,10,13H,1-2,8-9,11H2,(H,17,21)(H,18,20)/t13-/m1/s1. The number of likely N-dealkylation sites (tertiary alicyclic amines) is 1. The quantitative estimate of drug-likeness (QED) is 0.825. The van der Waals surface area contributed by atoms with Crippen LogP contribution in [0.25, 0.3) is 0 Å². The fraction of sp³-hybridized carbons (Fsp3) is 0.375. The van der Waals surface area contributed by atoms with Gasteiger partial charge in [-0.15, -0.1) is 11.3 Å². The van der Waals surface area contributed by atoms with Crippen molar-refractivity contribution >= 4 is 29.5 Å². The molecule has 2 N–H and O–H groups in total. The second kappa shape index (κ2) is 7.17. The van der Waals surface area contributed by atoms with Crippen LogP contribution < -0.4 is 5.32 Å². The van der Waals surface area contributed by atoms with E-state index in [1.807, 2.05) is 0 Å². The van der Waals surface area contributed by atoms with Crippen molar-refractivity contribution in [3.8, 4) is 0 Å². The number of hydrogen-bond donors (Lipinski definition) is 2. The zero-order valence-electron chi connectivity index (χ0n) is 12.2. The summed E-state index contributed by atoms with van der Waals surface area (Å²) in [6.45, 7) is 2.82. The number of rotatable bonds is 5. The lowest BCUT2D eigenvalue weighted by Gasteiger charge is -2.26. The molecule has 0 spiro atoms. The fourth-order valence-corrected chi connectivity index (χ4v) is 3.92. The largest absolute Gasteiger partial charge is 0.352 e. The molecule has 1 aliphatic rings. The van der Waals surface area contributed by atoms with Gasteiger partial charge in [-0.2, -0.15) is 0 Å². The molecule has 0 bridgehead atoms. The van der Waals surface area contributed by atoms with Crippen LogP contribution in [-0.2, 0) is 0 Å². The normalized spacial score (nSPS) is 16.5. The third-order valence-corrected chi connectivity index (χ3v) is 5.28. The van der Waals surface area contributed by atoms with Crippen LogP contribution in [0, 0.1) is 4.64 Å². The number of aromatic nitrogens is 1. The number of H-pyrrole nitrogens is 1. The van der Waals surface area contributed by atoms with E-state index in [1.165, 1.54) is 17.7 Å². The van der Waals surface area contributed by atoms with Crippen LogP contribution in [0.15, 0.2) is 35.8 Å². The first-order chi connectivity index (χ1) is 10.8. The Morgan fingerprint density at radius 1 is 1.36 bits per heavy atom. The van der Waals surface area contributed by atoms with Gasteiger partial charge in [0, 0.05) is 17.6 Å². The zero-order valence-corrected chi connectivity index (χ0v) is 13.9. The molecule has 1 saturated heterocycles. The van der Waals surface area contributed by atoms with Gasteiger partial charge in [0.2, 0.25) is 0 Å². The van der Waals surface area contributed by atoms with Crippen LogP contribution in [-0.4, -0.2) is 35.4 Å². The number of aromatic amines is 1. The maximum absolute atomic E-state index is 12.3. The molecule has 1 aliphatic heterocycles. The minimum Gasteiger partial charge on any atom is -0.352 e. The molecule has 2 aromatic heterocycles. The molecular weight excluding hydrogens is 314 g/mol. The molecule has 1 amide bonds. The zero-order chi connectivity index (χ0) is 15.4. The summed E-state index contributed by atoms with van der Waals surface area (Å²) in [5, 5.41) is 5.14. The predicted molar refractivity (Wildman–Crippen MR) is 91.8 cm³/mol. The van der Waals surface area contributed by atoms with Crippen LogP contribution in [0.1, 0.15) is 34.1 Å². The highest BCUT2D eigenvalue weighted by atomic mass is 32.1. The second-order valence-corrected chi connectivity index (χ2v) is 6.78. The summed E-state index contributed by atoms with van der Waals surface area (Å²) in [6.07, 6.45) is 4.21. The number of nitrogens with one attached hydrogen (secondary N) is 2. The molecule has 0 radical (unpaired) electrons. The molecule has 1 atom stereocenters. The van der Waals surface area contributed by atoms with Crippen LogP contribution in [0.4, 0.5) is 0 Å². The molecule has 22 heavy (non-hydrogen) atoms. The van der Waals surface area contributed by atoms with E-state index < -0.39 is 0 Å². The lowest BCUT2D eigenvalue weighted by molar-refractivity contribution is 0.0937. The third kappa shape index (κ3) is 3.45. The molecule has 0 saturated carbocycles. The number of hydrogen-bond acceptors (Lipinski definition) is 4. The first-order valence-electron chi connectivity index (χ1n) is 7.49. The van der Waals surface area contributed by atoms with Crippen molar-refractivity contribution in [1.29, 1.82) is 0 Å². The smallest absolute Gasteiger partial charge is 0.254 e. The van der Waals surface area contributed by atoms with Gasteiger partial charge in [-0.05, 0) is 49.5 Å². The molecule has 116 valence electrons. The van der Waals surface area contributed by atoms with Gasteiger partial charge in [0.15, 0.2) is 0 Å². The van der Waals surface area contributed by atoms with E-state index in [1.54, 1.807) is 29.7 Å². The summed E-state index contributed by atoms with van der Waals surface area (Å²) in [5.41, 5.74) is 0.531. The summed E-state index contributed by atoms with van der Waals surface area (Å²) in [4.78, 5) is 19.0. The van der Waals surface area contributed by atoms with E-state index in [9.17, 15) is 4.79 Å². The van der Waals surface area contributed by atoms with Gasteiger partial charge in [0.25, 0.3) is 5.91 Å². The van der Waals surface area contributed by atoms with Crippen molar-refractivity contribution < 1.29 is 4.79 Å². The summed E-state index contributed by atoms with van der Waals surface area (Å²) < 4.78 is 0.480. The van der Waals surface area contributed by atoms with Crippen molar-refractivity contribution in [2.24, 2.45) is 0 Å². The average Bonchev–Trinajstić information content (AvgIpc) is 3.21. The van der Waals surface area contributed by atoms with Crippen LogP contribution in [0.5, 0.6) is 0 Å². The predicted octanol–water partition coefficient (Wildman–Crippen LogP) is 3.37. The summed E-state index contributed by atoms with van der Waals surface area (Å²) in [7, 11) is 0. The first-order valence-corrected chi connectivity index (χ1v) is 8.78. The SMILES string of the molecule is O=C(NC[C@H](c1cccs1)N1CCCC1)c1ccc[nH]c1=S. The number of pyridine rings is 1. The van der Waals surface area contributed by atoms with Crippen molar-refractivity contribution in [2.45, 2.75) is 18.9 Å². The maximum Gasteiger partial charge on any atom is 0.254 e. The highest BCUT2D eigenvalue weighted by Crippen LogP contribution is 2.27. The van der Waals surface area contributed by atoms with Crippen molar-refractivity contribution in [2.75, 3.05) is 19.6 Å². The Bertz CT molecular complexity index is 675. The molecule has 0 unspecified atom stereocenters. The van der Waals surface area contributed by atoms with E-state index >= 15 is 0 Å². The average molecular weight is 333 g/mol. The number of carbonyl (C=O) groups excluding carboxylic acids is 1. The minimum atomic E-state index is -0.109. The Kier molecular flexibility index (Phi) is 5.02. The van der Waals surface area contributed by atoms with E-state index in [2.05, 4.69) is 32.7 Å². The molecule has 3 rings (SSSR count). The molecule has 0 aliphatic carbocycles. The van der Waals surface area contributed by atoms with Gasteiger partial charge in [-0.3, -0.25) is 9.69 Å². The Hall–Kier alpha value is -1.50. The van der Waals surface area contributed by atoms with Gasteiger partial charge < -0.3 is 10.3 Å². The molecule has 6 heteroatoms. The maximum atomic E-state index is 12.3. The van der Waals surface area contributed by atoms with E-state index in [0.717, 1.165) is 13.1 Å². The minimum absolute atomic E-state index is 0.109. The Morgan fingerprint density at radius 3 is 2.86 bits per heavy atom. The van der Waals surface area contributed by atoms with Gasteiger partial charge in [-0.1, -0.05) is 18.3 Å². The van der Waals surface area contributed by atoms with E-state index in [0.29, 0.717) is 16.7 Å². The monoisotopic (exact) mass is 333 g/mol. The molecule has 0 aromatic carbocycles. The topological polar surface area (TPSA) is 48.1 Å². The second-order valence-electron chi connectivity index (χ2n) is 5.40. The number of thiophene rings is 1. The van der Waals surface area contributed by atoms with Crippen LogP contribution >= 0.6 is 23.6 Å². The highest BCUT2D eigenvalue weighted by Gasteiger charge is 2.24. The lowest BCUT2D eigenvalue weighted by atomic mass is 10.2. The number of carbonyl (C=O) groups is 1. The number of nitrogens with zero attached hydrogens (tertiary/aromatic N) is 1. The molecule has 2 aromatic rings. The van der Waals surface area contributed by atoms with Gasteiger partial charge in [0.05, 0.1) is 11.6 Å². The first kappa shape index (κ1) is 15.4. The van der Waals surface area contributed by atoms with Gasteiger partial charge in [0.1, 0.15) is 4.64 Å². The van der Waals surface area contributed by atoms with Crippen molar-refractivity contribution in [1.82, 2.24) is 15.2 Å². The molecule has 1 fully saturated rings. The van der Waals surface area contributed by atoms with Crippen molar-refractivity contribution in [3.63, 3.8) is 0 Å². The lowest BCUT2D eigenvalue weighted by Crippen LogP contribution is -2.36. The van der Waals surface area contributed by atoms with Crippen molar-refractivity contribution in [3.05, 3.63) is 50.9 Å². The summed E-state index contributed by atoms with van der Waals surface area (Å²) in [6, 6.07) is 8.02. The Morgan fingerprint density at radius 2 is 2.18 bits per heavy atom. The van der Waals surface area contributed by atoms with Gasteiger partial charge in [-0.25, -0.2) is 0 Å². The summed E-state index contributed by atoms with van der Waals surface area (Å²) >= 11 is 6.92. The Balaban J connectivity index is 1.70. The van der Waals surface area contributed by atoms with Gasteiger partial charge >= 0.3 is 0 Å². The van der Waals surface area contributed by atoms with E-state index in [-0.39, 0.29) is 11.9 Å². The fourth-order valence-electron chi connectivity index (χ4n) is 2.83. The Labute approximate surface area is 139 Å². The van der Waals surface area contributed by atoms with Crippen LogP contribution in [0.2, 0.25) is 0 Å². The summed E-state index contributed by atoms with van der Waals surface area (Å²) in [5.74, 6) is -0.109. The highest BCUT2D eigenvalue weighted by molar-refractivity contribution is 7.71. The van der Waals surface area contributed by atoms with E-state index in [4.69, 9.17) is 12.2 Å². The third-order valence-electron chi connectivity index (χ3n) is 3.97. The molecule has 4 nitrogen and oxygen atoms in total. The van der Waals surface area contributed by atoms with Crippen LogP contribution in [0.3, 0.4) is 0 Å². The molecular formula is C16H19N3OS2. The molecule has 3 heterocycles. The number of amides is 1.